The molecule has 1 aliphatic rings. The van der Waals surface area contributed by atoms with Crippen molar-refractivity contribution in [2.45, 2.75) is 26.9 Å². The third kappa shape index (κ3) is 3.47. The summed E-state index contributed by atoms with van der Waals surface area (Å²) in [7, 11) is 0. The number of halogens is 1. The van der Waals surface area contributed by atoms with Gasteiger partial charge in [-0.25, -0.2) is 4.39 Å². The lowest BCUT2D eigenvalue weighted by Gasteiger charge is -2.16. The van der Waals surface area contributed by atoms with Gasteiger partial charge in [-0.3, -0.25) is 14.8 Å². The highest BCUT2D eigenvalue weighted by Gasteiger charge is 2.28. The fraction of sp³-hybridized carbons (Fsp3) is 0.190. The van der Waals surface area contributed by atoms with Crippen molar-refractivity contribution in [1.29, 1.82) is 0 Å². The Balaban J connectivity index is 0.000000948. The minimum Gasteiger partial charge on any atom is -0.328 e. The molecular weight excluding hydrogens is 329 g/mol. The Morgan fingerprint density at radius 1 is 1.04 bits per heavy atom. The van der Waals surface area contributed by atoms with Crippen LogP contribution < -0.4 is 0 Å². The number of aromatic nitrogens is 2. The van der Waals surface area contributed by atoms with Crippen LogP contribution in [0.5, 0.6) is 0 Å². The van der Waals surface area contributed by atoms with E-state index in [1.165, 1.54) is 6.07 Å². The molecule has 0 aliphatic carbocycles. The fourth-order valence-electron chi connectivity index (χ4n) is 2.92. The molecule has 4 rings (SSSR count). The number of hydrogen-bond donors (Lipinski definition) is 0. The molecule has 0 radical (unpaired) electrons. The number of pyridine rings is 2. The van der Waals surface area contributed by atoms with Crippen molar-refractivity contribution in [2.75, 3.05) is 0 Å². The molecule has 5 heteroatoms. The largest absolute Gasteiger partial charge is 0.328 e. The summed E-state index contributed by atoms with van der Waals surface area (Å²) in [5.41, 5.74) is 3.54. The van der Waals surface area contributed by atoms with Crippen LogP contribution >= 0.6 is 0 Å². The van der Waals surface area contributed by atoms with Crippen LogP contribution in [-0.4, -0.2) is 20.8 Å². The van der Waals surface area contributed by atoms with Crippen LogP contribution in [0, 0.1) is 5.82 Å². The van der Waals surface area contributed by atoms with Crippen molar-refractivity contribution < 1.29 is 9.18 Å². The fourth-order valence-corrected chi connectivity index (χ4v) is 2.92. The Morgan fingerprint density at radius 2 is 1.81 bits per heavy atom. The Morgan fingerprint density at radius 3 is 2.50 bits per heavy atom. The molecule has 132 valence electrons. The van der Waals surface area contributed by atoms with Crippen molar-refractivity contribution in [3.05, 3.63) is 83.7 Å². The molecule has 0 N–H and O–H groups in total. The Bertz CT molecular complexity index is 912. The number of rotatable bonds is 3. The second-order valence-electron chi connectivity index (χ2n) is 5.71. The topological polar surface area (TPSA) is 46.1 Å². The zero-order chi connectivity index (χ0) is 18.5. The van der Waals surface area contributed by atoms with E-state index in [0.717, 1.165) is 16.7 Å². The van der Waals surface area contributed by atoms with E-state index < -0.39 is 0 Å². The molecule has 1 amide bonds. The van der Waals surface area contributed by atoms with Crippen molar-refractivity contribution in [3.8, 4) is 11.1 Å². The Kier molecular flexibility index (Phi) is 5.37. The zero-order valence-electron chi connectivity index (χ0n) is 14.8. The van der Waals surface area contributed by atoms with Crippen molar-refractivity contribution in [1.82, 2.24) is 14.9 Å². The minimum atomic E-state index is -0.318. The summed E-state index contributed by atoms with van der Waals surface area (Å²) in [6.07, 6.45) is 4.95. The lowest BCUT2D eigenvalue weighted by atomic mass is 10.0. The maximum atomic E-state index is 14.5. The van der Waals surface area contributed by atoms with E-state index in [-0.39, 0.29) is 18.3 Å². The van der Waals surface area contributed by atoms with Gasteiger partial charge in [-0.2, -0.15) is 0 Å². The first-order valence-electron chi connectivity index (χ1n) is 8.64. The molecular formula is C21H20FN3O. The first-order valence-corrected chi connectivity index (χ1v) is 8.64. The number of hydrogen-bond acceptors (Lipinski definition) is 3. The number of carbonyl (C=O) groups excluding carboxylic acids is 1. The molecule has 26 heavy (non-hydrogen) atoms. The van der Waals surface area contributed by atoms with Crippen LogP contribution in [0.15, 0.2) is 61.1 Å². The van der Waals surface area contributed by atoms with E-state index in [2.05, 4.69) is 9.97 Å². The quantitative estimate of drug-likeness (QED) is 0.701. The van der Waals surface area contributed by atoms with Crippen LogP contribution in [-0.2, 0) is 13.1 Å². The van der Waals surface area contributed by atoms with Gasteiger partial charge in [-0.05, 0) is 35.4 Å². The van der Waals surface area contributed by atoms with Crippen molar-refractivity contribution >= 4 is 5.91 Å². The summed E-state index contributed by atoms with van der Waals surface area (Å²) in [6.45, 7) is 4.70. The number of amides is 1. The summed E-state index contributed by atoms with van der Waals surface area (Å²) in [4.78, 5) is 22.0. The molecule has 2 aromatic heterocycles. The first-order chi connectivity index (χ1) is 12.7. The highest BCUT2D eigenvalue weighted by atomic mass is 19.1. The SMILES string of the molecule is CC.O=C1c2ncccc2CN1Cc1ccc(-c2ccncc2)cc1F. The van der Waals surface area contributed by atoms with Gasteiger partial charge in [0.2, 0.25) is 0 Å². The third-order valence-electron chi connectivity index (χ3n) is 4.17. The monoisotopic (exact) mass is 349 g/mol. The lowest BCUT2D eigenvalue weighted by Crippen LogP contribution is -2.24. The number of benzene rings is 1. The predicted molar refractivity (Wildman–Crippen MR) is 98.8 cm³/mol. The van der Waals surface area contributed by atoms with Gasteiger partial charge in [0, 0.05) is 42.8 Å². The normalized spacial score (nSPS) is 12.4. The van der Waals surface area contributed by atoms with Gasteiger partial charge in [-0.15, -0.1) is 0 Å². The number of carbonyl (C=O) groups is 1. The molecule has 4 nitrogen and oxygen atoms in total. The van der Waals surface area contributed by atoms with Crippen molar-refractivity contribution in [2.24, 2.45) is 0 Å². The van der Waals surface area contributed by atoms with Crippen molar-refractivity contribution in [3.63, 3.8) is 0 Å². The average molecular weight is 349 g/mol. The molecule has 1 aromatic carbocycles. The molecule has 0 unspecified atom stereocenters. The van der Waals surface area contributed by atoms with Crippen LogP contribution in [0.3, 0.4) is 0 Å². The van der Waals surface area contributed by atoms with E-state index in [4.69, 9.17) is 0 Å². The molecule has 1 aliphatic heterocycles. The summed E-state index contributed by atoms with van der Waals surface area (Å²) in [5, 5.41) is 0. The van der Waals surface area contributed by atoms with Gasteiger partial charge >= 0.3 is 0 Å². The standard InChI is InChI=1S/C19H14FN3O.C2H6/c20-17-10-14(13-5-8-21-9-6-13)3-4-15(17)11-23-12-16-2-1-7-22-18(16)19(23)24;1-2/h1-10H,11-12H2;1-2H3. The van der Waals surface area contributed by atoms with Crippen LogP contribution in [0.2, 0.25) is 0 Å². The van der Waals surface area contributed by atoms with E-state index >= 15 is 0 Å². The first kappa shape index (κ1) is 17.7. The van der Waals surface area contributed by atoms with Gasteiger partial charge < -0.3 is 4.90 Å². The van der Waals surface area contributed by atoms with Gasteiger partial charge in [0.1, 0.15) is 11.5 Å². The Hall–Kier alpha value is -3.08. The maximum Gasteiger partial charge on any atom is 0.273 e. The molecule has 0 saturated heterocycles. The molecule has 0 spiro atoms. The van der Waals surface area contributed by atoms with E-state index in [1.807, 2.05) is 38.1 Å². The van der Waals surface area contributed by atoms with E-state index in [9.17, 15) is 9.18 Å². The Labute approximate surface area is 152 Å². The van der Waals surface area contributed by atoms with E-state index in [1.54, 1.807) is 35.6 Å². The highest BCUT2D eigenvalue weighted by molar-refractivity contribution is 5.96. The second-order valence-corrected chi connectivity index (χ2v) is 5.71. The summed E-state index contributed by atoms with van der Waals surface area (Å²) < 4.78 is 14.5. The zero-order valence-corrected chi connectivity index (χ0v) is 14.8. The smallest absolute Gasteiger partial charge is 0.273 e. The lowest BCUT2D eigenvalue weighted by molar-refractivity contribution is 0.0761. The highest BCUT2D eigenvalue weighted by Crippen LogP contribution is 2.25. The maximum absolute atomic E-state index is 14.5. The summed E-state index contributed by atoms with van der Waals surface area (Å²) in [6, 6.07) is 12.4. The van der Waals surface area contributed by atoms with Gasteiger partial charge in [0.05, 0.1) is 0 Å². The van der Waals surface area contributed by atoms with Crippen LogP contribution in [0.25, 0.3) is 11.1 Å². The number of nitrogens with zero attached hydrogens (tertiary/aromatic N) is 3. The molecule has 3 aromatic rings. The van der Waals surface area contributed by atoms with Gasteiger partial charge in [0.15, 0.2) is 0 Å². The average Bonchev–Trinajstić information content (AvgIpc) is 3.01. The minimum absolute atomic E-state index is 0.150. The van der Waals surface area contributed by atoms with E-state index in [0.29, 0.717) is 17.8 Å². The number of fused-ring (bicyclic) bond motifs is 1. The summed E-state index contributed by atoms with van der Waals surface area (Å²) in [5.74, 6) is -0.468. The van der Waals surface area contributed by atoms with Crippen LogP contribution in [0.4, 0.5) is 4.39 Å². The molecule has 0 saturated carbocycles. The molecule has 0 fully saturated rings. The predicted octanol–water partition coefficient (Wildman–Crippen LogP) is 4.46. The molecule has 0 bridgehead atoms. The second kappa shape index (κ2) is 7.87. The molecule has 0 atom stereocenters. The third-order valence-corrected chi connectivity index (χ3v) is 4.17. The van der Waals surface area contributed by atoms with Gasteiger partial charge in [-0.1, -0.05) is 32.0 Å². The summed E-state index contributed by atoms with van der Waals surface area (Å²) >= 11 is 0. The van der Waals surface area contributed by atoms with Crippen LogP contribution in [0.1, 0.15) is 35.5 Å². The van der Waals surface area contributed by atoms with Gasteiger partial charge in [0.25, 0.3) is 5.91 Å². The molecule has 3 heterocycles.